The van der Waals surface area contributed by atoms with Gasteiger partial charge in [0.05, 0.1) is 11.1 Å². The van der Waals surface area contributed by atoms with E-state index in [1.54, 1.807) is 30.1 Å². The van der Waals surface area contributed by atoms with Crippen molar-refractivity contribution in [3.63, 3.8) is 0 Å². The van der Waals surface area contributed by atoms with Gasteiger partial charge in [0.25, 0.3) is 11.5 Å². The molecule has 1 fully saturated rings. The van der Waals surface area contributed by atoms with Gasteiger partial charge in [-0.3, -0.25) is 9.59 Å². The highest BCUT2D eigenvalue weighted by Gasteiger charge is 2.23. The van der Waals surface area contributed by atoms with Gasteiger partial charge >= 0.3 is 0 Å². The average Bonchev–Trinajstić information content (AvgIpc) is 2.72. The van der Waals surface area contributed by atoms with Gasteiger partial charge in [0.1, 0.15) is 0 Å². The summed E-state index contributed by atoms with van der Waals surface area (Å²) in [5, 5.41) is 3.88. The lowest BCUT2D eigenvalue weighted by Crippen LogP contribution is -2.45. The van der Waals surface area contributed by atoms with E-state index < -0.39 is 0 Å². The van der Waals surface area contributed by atoms with Gasteiger partial charge in [0.15, 0.2) is 0 Å². The van der Waals surface area contributed by atoms with Crippen molar-refractivity contribution in [1.29, 1.82) is 0 Å². The van der Waals surface area contributed by atoms with Gasteiger partial charge in [-0.2, -0.15) is 0 Å². The molecule has 1 N–H and O–H groups in total. The molecule has 1 aromatic carbocycles. The lowest BCUT2D eigenvalue weighted by molar-refractivity contribution is 0.0932. The summed E-state index contributed by atoms with van der Waals surface area (Å²) in [7, 11) is 1.72. The van der Waals surface area contributed by atoms with Gasteiger partial charge in [0.2, 0.25) is 5.95 Å². The van der Waals surface area contributed by atoms with Crippen LogP contribution < -0.4 is 15.8 Å². The molecular weight excluding hydrogens is 342 g/mol. The molecule has 3 heterocycles. The van der Waals surface area contributed by atoms with Crippen LogP contribution in [0.15, 0.2) is 53.6 Å². The number of hydrogen-bond acceptors (Lipinski definition) is 5. The van der Waals surface area contributed by atoms with E-state index in [1.807, 2.05) is 24.3 Å². The van der Waals surface area contributed by atoms with Crippen LogP contribution in [-0.4, -0.2) is 39.6 Å². The van der Waals surface area contributed by atoms with Crippen molar-refractivity contribution in [2.75, 3.05) is 18.0 Å². The van der Waals surface area contributed by atoms with Crippen LogP contribution in [0.25, 0.3) is 10.9 Å². The summed E-state index contributed by atoms with van der Waals surface area (Å²) in [6.45, 7) is 1.57. The highest BCUT2D eigenvalue weighted by Crippen LogP contribution is 2.19. The van der Waals surface area contributed by atoms with Crippen molar-refractivity contribution in [2.45, 2.75) is 18.9 Å². The van der Waals surface area contributed by atoms with E-state index in [0.717, 1.165) is 42.8 Å². The van der Waals surface area contributed by atoms with E-state index in [9.17, 15) is 9.59 Å². The van der Waals surface area contributed by atoms with Crippen LogP contribution in [0.2, 0.25) is 0 Å². The Morgan fingerprint density at radius 2 is 1.81 bits per heavy atom. The Balaban J connectivity index is 1.49. The van der Waals surface area contributed by atoms with E-state index in [0.29, 0.717) is 5.56 Å². The Hall–Kier alpha value is -3.22. The minimum atomic E-state index is -0.196. The number of aromatic nitrogens is 3. The van der Waals surface area contributed by atoms with E-state index in [1.165, 1.54) is 6.07 Å². The first-order valence-corrected chi connectivity index (χ1v) is 9.05. The van der Waals surface area contributed by atoms with Crippen molar-refractivity contribution in [1.82, 2.24) is 19.9 Å². The molecule has 1 aliphatic heterocycles. The number of nitrogens with one attached hydrogen (secondary N) is 1. The number of nitrogens with zero attached hydrogens (tertiary/aromatic N) is 4. The molecule has 0 radical (unpaired) electrons. The van der Waals surface area contributed by atoms with Gasteiger partial charge in [0, 0.05) is 50.0 Å². The molecule has 0 bridgehead atoms. The molecule has 138 valence electrons. The number of carbonyl (C=O) groups is 1. The molecule has 3 aromatic rings. The van der Waals surface area contributed by atoms with Crippen molar-refractivity contribution < 1.29 is 4.79 Å². The molecule has 7 nitrogen and oxygen atoms in total. The smallest absolute Gasteiger partial charge is 0.252 e. The first-order valence-electron chi connectivity index (χ1n) is 9.05. The first kappa shape index (κ1) is 17.2. The molecule has 0 saturated carbocycles. The van der Waals surface area contributed by atoms with Gasteiger partial charge in [-0.25, -0.2) is 9.97 Å². The van der Waals surface area contributed by atoms with E-state index in [4.69, 9.17) is 0 Å². The summed E-state index contributed by atoms with van der Waals surface area (Å²) in [5.41, 5.74) is 1.00. The number of piperidine rings is 1. The molecule has 4 rings (SSSR count). The fourth-order valence-electron chi connectivity index (χ4n) is 3.54. The molecule has 0 unspecified atom stereocenters. The van der Waals surface area contributed by atoms with Crippen molar-refractivity contribution >= 4 is 22.8 Å². The molecule has 0 aliphatic carbocycles. The normalized spacial score (nSPS) is 15.1. The summed E-state index contributed by atoms with van der Waals surface area (Å²) < 4.78 is 1.56. The number of benzene rings is 1. The van der Waals surface area contributed by atoms with Crippen LogP contribution in [0.1, 0.15) is 23.2 Å². The maximum absolute atomic E-state index is 12.8. The predicted molar refractivity (Wildman–Crippen MR) is 104 cm³/mol. The molecule has 0 atom stereocenters. The second-order valence-electron chi connectivity index (χ2n) is 6.76. The highest BCUT2D eigenvalue weighted by molar-refractivity contribution is 6.06. The van der Waals surface area contributed by atoms with Crippen LogP contribution >= 0.6 is 0 Å². The summed E-state index contributed by atoms with van der Waals surface area (Å²) in [5.74, 6) is 0.526. The average molecular weight is 363 g/mol. The third-order valence-electron chi connectivity index (χ3n) is 5.06. The highest BCUT2D eigenvalue weighted by atomic mass is 16.2. The minimum absolute atomic E-state index is 0.0697. The van der Waals surface area contributed by atoms with E-state index in [2.05, 4.69) is 20.2 Å². The zero-order valence-corrected chi connectivity index (χ0v) is 15.1. The van der Waals surface area contributed by atoms with Gasteiger partial charge in [-0.15, -0.1) is 0 Å². The minimum Gasteiger partial charge on any atom is -0.349 e. The van der Waals surface area contributed by atoms with Crippen LogP contribution in [0.5, 0.6) is 0 Å². The fourth-order valence-corrected chi connectivity index (χ4v) is 3.54. The van der Waals surface area contributed by atoms with Crippen molar-refractivity contribution in [3.8, 4) is 0 Å². The van der Waals surface area contributed by atoms with E-state index >= 15 is 0 Å². The number of anilines is 1. The molecule has 1 saturated heterocycles. The molecule has 7 heteroatoms. The Labute approximate surface area is 156 Å². The predicted octanol–water partition coefficient (Wildman–Crippen LogP) is 1.73. The first-order chi connectivity index (χ1) is 13.1. The molecule has 0 spiro atoms. The second kappa shape index (κ2) is 7.19. The third-order valence-corrected chi connectivity index (χ3v) is 5.06. The summed E-state index contributed by atoms with van der Waals surface area (Å²) >= 11 is 0. The summed E-state index contributed by atoms with van der Waals surface area (Å²) in [6.07, 6.45) is 5.09. The number of amides is 1. The fraction of sp³-hybridized carbons (Fsp3) is 0.300. The number of fused-ring (bicyclic) bond motifs is 1. The largest absolute Gasteiger partial charge is 0.349 e. The van der Waals surface area contributed by atoms with E-state index in [-0.39, 0.29) is 17.5 Å². The van der Waals surface area contributed by atoms with Crippen molar-refractivity contribution in [2.24, 2.45) is 7.05 Å². The zero-order chi connectivity index (χ0) is 18.8. The summed E-state index contributed by atoms with van der Waals surface area (Å²) in [6, 6.07) is 10.8. The number of pyridine rings is 1. The summed E-state index contributed by atoms with van der Waals surface area (Å²) in [4.78, 5) is 35.7. The SMILES string of the molecule is Cn1c(=O)cc(C(=O)NC2CCN(c3ncccn3)CC2)c2ccccc21. The Morgan fingerprint density at radius 1 is 1.11 bits per heavy atom. The maximum atomic E-state index is 12.8. The molecule has 1 aliphatic rings. The van der Waals surface area contributed by atoms with Gasteiger partial charge in [-0.1, -0.05) is 18.2 Å². The molecule has 1 amide bonds. The zero-order valence-electron chi connectivity index (χ0n) is 15.1. The number of hydrogen-bond donors (Lipinski definition) is 1. The lowest BCUT2D eigenvalue weighted by atomic mass is 10.0. The number of carbonyl (C=O) groups excluding carboxylic acids is 1. The monoisotopic (exact) mass is 363 g/mol. The molecule has 2 aromatic heterocycles. The van der Waals surface area contributed by atoms with Crippen molar-refractivity contribution in [3.05, 3.63) is 64.7 Å². The molecule has 27 heavy (non-hydrogen) atoms. The topological polar surface area (TPSA) is 80.1 Å². The number of para-hydroxylation sites is 1. The third kappa shape index (κ3) is 3.40. The Bertz CT molecular complexity index is 1020. The van der Waals surface area contributed by atoms with Crippen LogP contribution in [0.4, 0.5) is 5.95 Å². The second-order valence-corrected chi connectivity index (χ2v) is 6.76. The van der Waals surface area contributed by atoms with Crippen LogP contribution in [-0.2, 0) is 7.05 Å². The lowest BCUT2D eigenvalue weighted by Gasteiger charge is -2.32. The Morgan fingerprint density at radius 3 is 2.56 bits per heavy atom. The quantitative estimate of drug-likeness (QED) is 0.767. The number of aryl methyl sites for hydroxylation is 1. The van der Waals surface area contributed by atoms with Gasteiger partial charge < -0.3 is 14.8 Å². The van der Waals surface area contributed by atoms with Gasteiger partial charge in [-0.05, 0) is 25.0 Å². The standard InChI is InChI=1S/C20H21N5O2/c1-24-17-6-3-2-5-15(17)16(13-18(24)26)19(27)23-14-7-11-25(12-8-14)20-21-9-4-10-22-20/h2-6,9-10,13-14H,7-8,11-12H2,1H3,(H,23,27). The molecular formula is C20H21N5O2. The number of rotatable bonds is 3. The van der Waals surface area contributed by atoms with Crippen LogP contribution in [0, 0.1) is 0 Å². The maximum Gasteiger partial charge on any atom is 0.252 e. The Kier molecular flexibility index (Phi) is 4.58. The van der Waals surface area contributed by atoms with Crippen LogP contribution in [0.3, 0.4) is 0 Å².